The van der Waals surface area contributed by atoms with Crippen LogP contribution in [0.1, 0.15) is 0 Å². The number of aromatic nitrogens is 2. The van der Waals surface area contributed by atoms with E-state index in [9.17, 15) is 0 Å². The highest BCUT2D eigenvalue weighted by atomic mass is 35.5. The molecule has 0 saturated heterocycles. The highest BCUT2D eigenvalue weighted by molar-refractivity contribution is 6.30. The zero-order valence-corrected chi connectivity index (χ0v) is 7.57. The fourth-order valence-electron chi connectivity index (χ4n) is 1.06. The summed E-state index contributed by atoms with van der Waals surface area (Å²) in [5.41, 5.74) is 1.64. The van der Waals surface area contributed by atoms with Crippen molar-refractivity contribution in [2.45, 2.75) is 0 Å². The maximum Gasteiger partial charge on any atom is 0.0900 e. The SMILES string of the molecule is Clc1ccnc(-c2ccccn2)c1. The molecule has 2 aromatic heterocycles. The van der Waals surface area contributed by atoms with Crippen LogP contribution in [0.25, 0.3) is 11.4 Å². The van der Waals surface area contributed by atoms with Crippen molar-refractivity contribution >= 4 is 11.6 Å². The van der Waals surface area contributed by atoms with E-state index in [1.807, 2.05) is 18.2 Å². The number of halogens is 1. The number of pyridine rings is 2. The first-order valence-corrected chi connectivity index (χ1v) is 4.27. The molecule has 0 fully saturated rings. The van der Waals surface area contributed by atoms with Crippen LogP contribution in [0.3, 0.4) is 0 Å². The molecule has 2 aromatic rings. The summed E-state index contributed by atoms with van der Waals surface area (Å²) in [6, 6.07) is 9.23. The summed E-state index contributed by atoms with van der Waals surface area (Å²) < 4.78 is 0. The summed E-state index contributed by atoms with van der Waals surface area (Å²) in [6.45, 7) is 0. The van der Waals surface area contributed by atoms with E-state index < -0.39 is 0 Å². The Hall–Kier alpha value is -1.41. The van der Waals surface area contributed by atoms with Gasteiger partial charge in [-0.05, 0) is 24.3 Å². The minimum Gasteiger partial charge on any atom is -0.255 e. The lowest BCUT2D eigenvalue weighted by molar-refractivity contribution is 1.25. The molecule has 64 valence electrons. The Bertz CT molecular complexity index is 401. The van der Waals surface area contributed by atoms with Crippen molar-refractivity contribution in [1.82, 2.24) is 9.97 Å². The molecule has 0 aliphatic carbocycles. The van der Waals surface area contributed by atoms with Gasteiger partial charge in [0.1, 0.15) is 0 Å². The van der Waals surface area contributed by atoms with Crippen molar-refractivity contribution in [3.63, 3.8) is 0 Å². The van der Waals surface area contributed by atoms with Crippen molar-refractivity contribution in [3.8, 4) is 11.4 Å². The van der Waals surface area contributed by atoms with Crippen molar-refractivity contribution in [2.75, 3.05) is 0 Å². The van der Waals surface area contributed by atoms with Crippen LogP contribution < -0.4 is 0 Å². The van der Waals surface area contributed by atoms with Crippen molar-refractivity contribution in [3.05, 3.63) is 47.7 Å². The summed E-state index contributed by atoms with van der Waals surface area (Å²) in [6.07, 6.45) is 3.41. The molecule has 0 unspecified atom stereocenters. The van der Waals surface area contributed by atoms with E-state index in [0.717, 1.165) is 11.4 Å². The average Bonchev–Trinajstić information content (AvgIpc) is 2.19. The average molecular weight is 191 g/mol. The van der Waals surface area contributed by atoms with Gasteiger partial charge in [0.25, 0.3) is 0 Å². The summed E-state index contributed by atoms with van der Waals surface area (Å²) in [7, 11) is 0. The quantitative estimate of drug-likeness (QED) is 0.691. The minimum atomic E-state index is 0.677. The van der Waals surface area contributed by atoms with Crippen LogP contribution in [0.2, 0.25) is 5.02 Å². The van der Waals surface area contributed by atoms with E-state index in [4.69, 9.17) is 11.6 Å². The molecular weight excluding hydrogens is 184 g/mol. The second-order valence-electron chi connectivity index (χ2n) is 2.57. The number of hydrogen-bond donors (Lipinski definition) is 0. The van der Waals surface area contributed by atoms with E-state index in [2.05, 4.69) is 9.97 Å². The van der Waals surface area contributed by atoms with Gasteiger partial charge < -0.3 is 0 Å². The first-order valence-electron chi connectivity index (χ1n) is 3.89. The summed E-state index contributed by atoms with van der Waals surface area (Å²) >= 11 is 5.83. The van der Waals surface area contributed by atoms with Crippen LogP contribution in [0.5, 0.6) is 0 Å². The van der Waals surface area contributed by atoms with Crippen LogP contribution in [0.15, 0.2) is 42.7 Å². The predicted molar refractivity (Wildman–Crippen MR) is 52.5 cm³/mol. The summed E-state index contributed by atoms with van der Waals surface area (Å²) in [5, 5.41) is 0.677. The van der Waals surface area contributed by atoms with Crippen molar-refractivity contribution in [2.24, 2.45) is 0 Å². The lowest BCUT2D eigenvalue weighted by Gasteiger charge is -1.98. The molecule has 2 rings (SSSR count). The predicted octanol–water partition coefficient (Wildman–Crippen LogP) is 2.80. The van der Waals surface area contributed by atoms with E-state index in [1.165, 1.54) is 0 Å². The topological polar surface area (TPSA) is 25.8 Å². The fourth-order valence-corrected chi connectivity index (χ4v) is 1.22. The first kappa shape index (κ1) is 8.20. The molecule has 0 spiro atoms. The molecule has 0 bridgehead atoms. The van der Waals surface area contributed by atoms with Gasteiger partial charge in [0.05, 0.1) is 11.4 Å². The van der Waals surface area contributed by atoms with Gasteiger partial charge in [0.2, 0.25) is 0 Å². The highest BCUT2D eigenvalue weighted by Crippen LogP contribution is 2.16. The third-order valence-corrected chi connectivity index (χ3v) is 1.88. The number of rotatable bonds is 1. The molecule has 2 heterocycles. The Morgan fingerprint density at radius 1 is 0.923 bits per heavy atom. The summed E-state index contributed by atoms with van der Waals surface area (Å²) in [4.78, 5) is 8.33. The van der Waals surface area contributed by atoms with Crippen molar-refractivity contribution < 1.29 is 0 Å². The molecule has 13 heavy (non-hydrogen) atoms. The van der Waals surface area contributed by atoms with Gasteiger partial charge in [-0.2, -0.15) is 0 Å². The molecule has 0 aliphatic heterocycles. The Morgan fingerprint density at radius 2 is 1.77 bits per heavy atom. The molecule has 0 N–H and O–H groups in total. The molecule has 2 nitrogen and oxygen atoms in total. The van der Waals surface area contributed by atoms with E-state index >= 15 is 0 Å². The number of hydrogen-bond acceptors (Lipinski definition) is 2. The van der Waals surface area contributed by atoms with Crippen LogP contribution in [-0.2, 0) is 0 Å². The molecule has 0 amide bonds. The highest BCUT2D eigenvalue weighted by Gasteiger charge is 1.98. The smallest absolute Gasteiger partial charge is 0.0900 e. The second-order valence-corrected chi connectivity index (χ2v) is 3.01. The normalized spacial score (nSPS) is 9.92. The third kappa shape index (κ3) is 1.84. The summed E-state index contributed by atoms with van der Waals surface area (Å²) in [5.74, 6) is 0. The molecular formula is C10H7ClN2. The Kier molecular flexibility index (Phi) is 2.23. The zero-order chi connectivity index (χ0) is 9.10. The maximum absolute atomic E-state index is 5.83. The Labute approximate surface area is 81.2 Å². The Morgan fingerprint density at radius 3 is 2.46 bits per heavy atom. The first-order chi connectivity index (χ1) is 6.36. The monoisotopic (exact) mass is 190 g/mol. The standard InChI is InChI=1S/C10H7ClN2/c11-8-4-6-13-10(7-8)9-3-1-2-5-12-9/h1-7H. The van der Waals surface area contributed by atoms with Gasteiger partial charge >= 0.3 is 0 Å². The van der Waals surface area contributed by atoms with Gasteiger partial charge in [0, 0.05) is 17.4 Å². The van der Waals surface area contributed by atoms with E-state index in [1.54, 1.807) is 24.5 Å². The number of nitrogens with zero attached hydrogens (tertiary/aromatic N) is 2. The maximum atomic E-state index is 5.83. The zero-order valence-electron chi connectivity index (χ0n) is 6.81. The Balaban J connectivity index is 2.48. The molecule has 3 heteroatoms. The third-order valence-electron chi connectivity index (χ3n) is 1.65. The molecule has 0 saturated carbocycles. The van der Waals surface area contributed by atoms with Crippen LogP contribution >= 0.6 is 11.6 Å². The molecule has 0 atom stereocenters. The molecule has 0 aromatic carbocycles. The lowest BCUT2D eigenvalue weighted by atomic mass is 10.2. The van der Waals surface area contributed by atoms with Crippen LogP contribution in [0, 0.1) is 0 Å². The van der Waals surface area contributed by atoms with Gasteiger partial charge in [-0.15, -0.1) is 0 Å². The second kappa shape index (κ2) is 3.54. The molecule has 0 radical (unpaired) electrons. The minimum absolute atomic E-state index is 0.677. The van der Waals surface area contributed by atoms with Gasteiger partial charge in [-0.3, -0.25) is 9.97 Å². The van der Waals surface area contributed by atoms with Gasteiger partial charge in [-0.25, -0.2) is 0 Å². The van der Waals surface area contributed by atoms with Gasteiger partial charge in [-0.1, -0.05) is 17.7 Å². The lowest BCUT2D eigenvalue weighted by Crippen LogP contribution is -1.84. The van der Waals surface area contributed by atoms with E-state index in [-0.39, 0.29) is 0 Å². The van der Waals surface area contributed by atoms with E-state index in [0.29, 0.717) is 5.02 Å². The van der Waals surface area contributed by atoms with Gasteiger partial charge in [0.15, 0.2) is 0 Å². The fraction of sp³-hybridized carbons (Fsp3) is 0. The van der Waals surface area contributed by atoms with Crippen LogP contribution in [-0.4, -0.2) is 9.97 Å². The molecule has 0 aliphatic rings. The largest absolute Gasteiger partial charge is 0.255 e. The van der Waals surface area contributed by atoms with Crippen molar-refractivity contribution in [1.29, 1.82) is 0 Å². The van der Waals surface area contributed by atoms with Crippen LogP contribution in [0.4, 0.5) is 0 Å².